The van der Waals surface area contributed by atoms with Crippen molar-refractivity contribution in [2.75, 3.05) is 25.3 Å². The van der Waals surface area contributed by atoms with E-state index in [1.165, 1.54) is 24.9 Å². The molecule has 1 aromatic heterocycles. The summed E-state index contributed by atoms with van der Waals surface area (Å²) in [7, 11) is 3.09. The SMILES string of the molecule is CCCCc1cc(=O)[nH]c(SCC(=O)Nc2ccc(OC)cc2OC)n1. The fraction of sp³-hybridized carbons (Fsp3) is 0.389. The van der Waals surface area contributed by atoms with Gasteiger partial charge in [-0.15, -0.1) is 0 Å². The molecule has 8 heteroatoms. The Morgan fingerprint density at radius 3 is 2.77 bits per heavy atom. The first-order valence-electron chi connectivity index (χ1n) is 8.30. The van der Waals surface area contributed by atoms with E-state index >= 15 is 0 Å². The van der Waals surface area contributed by atoms with Crippen molar-refractivity contribution in [1.82, 2.24) is 9.97 Å². The van der Waals surface area contributed by atoms with Crippen molar-refractivity contribution in [1.29, 1.82) is 0 Å². The molecule has 140 valence electrons. The molecular formula is C18H23N3O4S. The molecule has 26 heavy (non-hydrogen) atoms. The van der Waals surface area contributed by atoms with E-state index in [4.69, 9.17) is 9.47 Å². The number of hydrogen-bond acceptors (Lipinski definition) is 6. The zero-order valence-electron chi connectivity index (χ0n) is 15.1. The molecule has 0 aliphatic heterocycles. The molecule has 0 bridgehead atoms. The number of benzene rings is 1. The maximum Gasteiger partial charge on any atom is 0.251 e. The lowest BCUT2D eigenvalue weighted by atomic mass is 10.2. The Balaban J connectivity index is 1.99. The second-order valence-electron chi connectivity index (χ2n) is 5.55. The predicted molar refractivity (Wildman–Crippen MR) is 102 cm³/mol. The molecule has 0 atom stereocenters. The number of amides is 1. The van der Waals surface area contributed by atoms with Crippen LogP contribution in [-0.4, -0.2) is 35.8 Å². The van der Waals surface area contributed by atoms with Gasteiger partial charge in [0, 0.05) is 17.8 Å². The Morgan fingerprint density at radius 1 is 1.27 bits per heavy atom. The number of H-pyrrole nitrogens is 1. The smallest absolute Gasteiger partial charge is 0.251 e. The molecule has 0 saturated carbocycles. The zero-order chi connectivity index (χ0) is 18.9. The van der Waals surface area contributed by atoms with Gasteiger partial charge in [-0.3, -0.25) is 9.59 Å². The number of nitrogens with zero attached hydrogens (tertiary/aromatic N) is 1. The van der Waals surface area contributed by atoms with Crippen LogP contribution in [0.3, 0.4) is 0 Å². The topological polar surface area (TPSA) is 93.3 Å². The molecule has 1 aromatic carbocycles. The summed E-state index contributed by atoms with van der Waals surface area (Å²) < 4.78 is 10.4. The van der Waals surface area contributed by atoms with Crippen molar-refractivity contribution >= 4 is 23.4 Å². The molecule has 0 aliphatic carbocycles. The summed E-state index contributed by atoms with van der Waals surface area (Å²) in [5, 5.41) is 3.23. The van der Waals surface area contributed by atoms with Gasteiger partial charge in [-0.05, 0) is 25.0 Å². The minimum atomic E-state index is -0.222. The van der Waals surface area contributed by atoms with Crippen LogP contribution in [0.2, 0.25) is 0 Å². The Labute approximate surface area is 156 Å². The maximum absolute atomic E-state index is 12.2. The van der Waals surface area contributed by atoms with Crippen LogP contribution in [0.4, 0.5) is 5.69 Å². The number of anilines is 1. The molecule has 0 unspecified atom stereocenters. The molecule has 1 heterocycles. The van der Waals surface area contributed by atoms with Crippen molar-refractivity contribution in [2.45, 2.75) is 31.3 Å². The van der Waals surface area contributed by atoms with E-state index in [0.29, 0.717) is 22.3 Å². The fourth-order valence-electron chi connectivity index (χ4n) is 2.26. The number of unbranched alkanes of at least 4 members (excludes halogenated alkanes) is 1. The monoisotopic (exact) mass is 377 g/mol. The molecule has 2 aromatic rings. The summed E-state index contributed by atoms with van der Waals surface area (Å²) in [6.07, 6.45) is 2.75. The average Bonchev–Trinajstić information content (AvgIpc) is 2.64. The second kappa shape index (κ2) is 9.86. The molecule has 0 spiro atoms. The lowest BCUT2D eigenvalue weighted by Gasteiger charge is -2.11. The highest BCUT2D eigenvalue weighted by molar-refractivity contribution is 7.99. The summed E-state index contributed by atoms with van der Waals surface area (Å²) in [5.74, 6) is 1.05. The third-order valence-electron chi connectivity index (χ3n) is 3.58. The number of nitrogens with one attached hydrogen (secondary N) is 2. The van der Waals surface area contributed by atoms with Gasteiger partial charge >= 0.3 is 0 Å². The third kappa shape index (κ3) is 5.80. The van der Waals surface area contributed by atoms with E-state index in [9.17, 15) is 9.59 Å². The molecule has 2 rings (SSSR count). The van der Waals surface area contributed by atoms with Gasteiger partial charge < -0.3 is 19.8 Å². The average molecular weight is 377 g/mol. The van der Waals surface area contributed by atoms with Crippen LogP contribution in [0.15, 0.2) is 34.2 Å². The van der Waals surface area contributed by atoms with Gasteiger partial charge in [0.2, 0.25) is 5.91 Å². The number of aryl methyl sites for hydroxylation is 1. The van der Waals surface area contributed by atoms with Gasteiger partial charge in [-0.1, -0.05) is 25.1 Å². The number of ether oxygens (including phenoxy) is 2. The van der Waals surface area contributed by atoms with E-state index in [2.05, 4.69) is 22.2 Å². The van der Waals surface area contributed by atoms with Gasteiger partial charge in [-0.25, -0.2) is 4.98 Å². The Morgan fingerprint density at radius 2 is 2.08 bits per heavy atom. The third-order valence-corrected chi connectivity index (χ3v) is 4.46. The van der Waals surface area contributed by atoms with Crippen molar-refractivity contribution in [3.8, 4) is 11.5 Å². The molecule has 0 fully saturated rings. The highest BCUT2D eigenvalue weighted by Crippen LogP contribution is 2.29. The molecule has 0 aliphatic rings. The molecule has 7 nitrogen and oxygen atoms in total. The van der Waals surface area contributed by atoms with E-state index in [-0.39, 0.29) is 17.2 Å². The van der Waals surface area contributed by atoms with Gasteiger partial charge in [0.15, 0.2) is 5.16 Å². The Hall–Kier alpha value is -2.48. The van der Waals surface area contributed by atoms with Gasteiger partial charge in [-0.2, -0.15) is 0 Å². The highest BCUT2D eigenvalue weighted by atomic mass is 32.2. The summed E-state index contributed by atoms with van der Waals surface area (Å²) in [6, 6.07) is 6.65. The lowest BCUT2D eigenvalue weighted by Crippen LogP contribution is -2.16. The van der Waals surface area contributed by atoms with Crippen molar-refractivity contribution in [3.63, 3.8) is 0 Å². The van der Waals surface area contributed by atoms with Gasteiger partial charge in [0.05, 0.1) is 25.7 Å². The number of aromatic amines is 1. The van der Waals surface area contributed by atoms with Crippen molar-refractivity contribution in [3.05, 3.63) is 40.3 Å². The molecule has 1 amide bonds. The summed E-state index contributed by atoms with van der Waals surface area (Å²) in [6.45, 7) is 2.08. The Kier molecular flexibility index (Phi) is 7.53. The quantitative estimate of drug-likeness (QED) is 0.516. The van der Waals surface area contributed by atoms with E-state index in [1.807, 2.05) is 0 Å². The van der Waals surface area contributed by atoms with Crippen LogP contribution in [0.25, 0.3) is 0 Å². The number of carbonyl (C=O) groups excluding carboxylic acids is 1. The van der Waals surface area contributed by atoms with Crippen molar-refractivity contribution in [2.24, 2.45) is 0 Å². The summed E-state index contributed by atoms with van der Waals surface area (Å²) in [5.41, 5.74) is 1.10. The number of methoxy groups -OCH3 is 2. The van der Waals surface area contributed by atoms with Crippen LogP contribution >= 0.6 is 11.8 Å². The normalized spacial score (nSPS) is 10.4. The lowest BCUT2D eigenvalue weighted by molar-refractivity contribution is -0.113. The van der Waals surface area contributed by atoms with Crippen LogP contribution in [0.5, 0.6) is 11.5 Å². The zero-order valence-corrected chi connectivity index (χ0v) is 15.9. The number of aromatic nitrogens is 2. The standard InChI is InChI=1S/C18H23N3O4S/c1-4-5-6-12-9-16(22)21-18(19-12)26-11-17(23)20-14-8-7-13(24-2)10-15(14)25-3/h7-10H,4-6,11H2,1-3H3,(H,20,23)(H,19,21,22). The largest absolute Gasteiger partial charge is 0.497 e. The molecule has 0 saturated heterocycles. The van der Waals surface area contributed by atoms with Crippen LogP contribution in [0, 0.1) is 0 Å². The minimum Gasteiger partial charge on any atom is -0.497 e. The minimum absolute atomic E-state index is 0.120. The summed E-state index contributed by atoms with van der Waals surface area (Å²) >= 11 is 1.19. The molecule has 2 N–H and O–H groups in total. The van der Waals surface area contributed by atoms with Crippen LogP contribution in [0.1, 0.15) is 25.5 Å². The molecule has 0 radical (unpaired) electrons. The second-order valence-corrected chi connectivity index (χ2v) is 6.51. The van der Waals surface area contributed by atoms with Gasteiger partial charge in [0.25, 0.3) is 5.56 Å². The number of hydrogen-bond donors (Lipinski definition) is 2. The first-order valence-corrected chi connectivity index (χ1v) is 9.29. The molecular weight excluding hydrogens is 354 g/mol. The first kappa shape index (κ1) is 19.8. The first-order chi connectivity index (χ1) is 12.5. The Bertz CT molecular complexity index is 807. The van der Waals surface area contributed by atoms with E-state index < -0.39 is 0 Å². The number of carbonyl (C=O) groups is 1. The predicted octanol–water partition coefficient (Wildman–Crippen LogP) is 2.86. The van der Waals surface area contributed by atoms with Crippen LogP contribution in [-0.2, 0) is 11.2 Å². The van der Waals surface area contributed by atoms with Gasteiger partial charge in [0.1, 0.15) is 11.5 Å². The van der Waals surface area contributed by atoms with Crippen molar-refractivity contribution < 1.29 is 14.3 Å². The number of thioether (sulfide) groups is 1. The van der Waals surface area contributed by atoms with E-state index in [0.717, 1.165) is 25.0 Å². The summed E-state index contributed by atoms with van der Waals surface area (Å²) in [4.78, 5) is 31.0. The highest BCUT2D eigenvalue weighted by Gasteiger charge is 2.11. The van der Waals surface area contributed by atoms with Crippen LogP contribution < -0.4 is 20.3 Å². The fourth-order valence-corrected chi connectivity index (χ4v) is 2.95. The van der Waals surface area contributed by atoms with E-state index in [1.54, 1.807) is 25.3 Å². The number of rotatable bonds is 9. The maximum atomic E-state index is 12.2.